The molecule has 3 rings (SSSR count). The Morgan fingerprint density at radius 3 is 2.44 bits per heavy atom. The number of carbonyl (C=O) groups excluding carboxylic acids is 2. The van der Waals surface area contributed by atoms with Crippen molar-refractivity contribution in [3.8, 4) is 6.07 Å². The Morgan fingerprint density at radius 2 is 1.89 bits per heavy atom. The summed E-state index contributed by atoms with van der Waals surface area (Å²) in [7, 11) is 2.22. The van der Waals surface area contributed by atoms with Gasteiger partial charge in [0.05, 0.1) is 19.9 Å². The highest BCUT2D eigenvalue weighted by atomic mass is 16.5. The molecule has 2 aliphatic heterocycles. The normalized spacial score (nSPS) is 20.4. The molecular formula is C18H13N5O4. The molecule has 9 nitrogen and oxygen atoms in total. The Kier molecular flexibility index (Phi) is 4.36. The van der Waals surface area contributed by atoms with Gasteiger partial charge in [0.25, 0.3) is 0 Å². The SMILES string of the molecule is [C-]#[N+]C1(C#N)C(C(=O)OC)=C(C(=O)OC)N2C=CC(c3ccccc3)=NN21. The number of esters is 2. The fraction of sp³-hybridized carbons (Fsp3) is 0.167. The predicted octanol–water partition coefficient (Wildman–Crippen LogP) is 1.19. The van der Waals surface area contributed by atoms with E-state index >= 15 is 0 Å². The van der Waals surface area contributed by atoms with E-state index in [0.29, 0.717) is 5.71 Å². The third-order valence-corrected chi connectivity index (χ3v) is 4.04. The quantitative estimate of drug-likeness (QED) is 0.587. The Hall–Kier alpha value is -4.11. The van der Waals surface area contributed by atoms with Crippen LogP contribution in [0.2, 0.25) is 0 Å². The van der Waals surface area contributed by atoms with Crippen LogP contribution in [0.15, 0.2) is 59.0 Å². The van der Waals surface area contributed by atoms with Crippen molar-refractivity contribution in [1.29, 1.82) is 5.26 Å². The van der Waals surface area contributed by atoms with Gasteiger partial charge >= 0.3 is 17.6 Å². The fourth-order valence-corrected chi connectivity index (χ4v) is 2.79. The first-order valence-corrected chi connectivity index (χ1v) is 7.67. The highest BCUT2D eigenvalue weighted by molar-refractivity contribution is 6.10. The molecule has 1 aromatic rings. The number of hydrazone groups is 1. The molecule has 0 spiro atoms. The van der Waals surface area contributed by atoms with Crippen LogP contribution in [0.5, 0.6) is 0 Å². The Balaban J connectivity index is 2.23. The molecule has 1 atom stereocenters. The lowest BCUT2D eigenvalue weighted by molar-refractivity contribution is -0.140. The topological polar surface area (TPSA) is 99.6 Å². The largest absolute Gasteiger partial charge is 0.465 e. The zero-order chi connectivity index (χ0) is 19.6. The summed E-state index contributed by atoms with van der Waals surface area (Å²) in [6.45, 7) is 7.58. The minimum Gasteiger partial charge on any atom is -0.465 e. The standard InChI is InChI=1S/C18H13N5O4/c1-20-18(11-19)14(16(24)26-2)15(17(25)27-3)22-10-9-13(21-23(18)22)12-7-5-4-6-8-12/h4-10H,2-3H3. The molecule has 134 valence electrons. The molecule has 0 N–H and O–H groups in total. The van der Waals surface area contributed by atoms with Gasteiger partial charge in [-0.05, 0) is 6.08 Å². The molecule has 0 saturated heterocycles. The number of rotatable bonds is 3. The van der Waals surface area contributed by atoms with Crippen LogP contribution in [0.1, 0.15) is 5.56 Å². The minimum absolute atomic E-state index is 0.297. The van der Waals surface area contributed by atoms with E-state index in [9.17, 15) is 14.9 Å². The summed E-state index contributed by atoms with van der Waals surface area (Å²) >= 11 is 0. The van der Waals surface area contributed by atoms with E-state index in [1.807, 2.05) is 18.2 Å². The number of carbonyl (C=O) groups is 2. The first-order chi connectivity index (χ1) is 13.0. The van der Waals surface area contributed by atoms with E-state index in [0.717, 1.165) is 29.9 Å². The summed E-state index contributed by atoms with van der Waals surface area (Å²) < 4.78 is 9.44. The first kappa shape index (κ1) is 17.7. The van der Waals surface area contributed by atoms with Gasteiger partial charge in [-0.15, -0.1) is 10.2 Å². The van der Waals surface area contributed by atoms with Gasteiger partial charge in [-0.2, -0.15) is 5.26 Å². The molecule has 27 heavy (non-hydrogen) atoms. The second-order valence-electron chi connectivity index (χ2n) is 5.40. The maximum absolute atomic E-state index is 12.4. The number of fused-ring (bicyclic) bond motifs is 1. The lowest BCUT2D eigenvalue weighted by Gasteiger charge is -2.30. The summed E-state index contributed by atoms with van der Waals surface area (Å²) in [6, 6.07) is 10.9. The van der Waals surface area contributed by atoms with E-state index in [1.165, 1.54) is 6.20 Å². The Bertz CT molecular complexity index is 967. The van der Waals surface area contributed by atoms with Gasteiger partial charge < -0.3 is 9.47 Å². The molecule has 1 aromatic carbocycles. The molecule has 0 bridgehead atoms. The molecule has 0 aromatic heterocycles. The third-order valence-electron chi connectivity index (χ3n) is 4.04. The van der Waals surface area contributed by atoms with Crippen LogP contribution >= 0.6 is 0 Å². The highest BCUT2D eigenvalue weighted by Crippen LogP contribution is 2.42. The maximum Gasteiger partial charge on any atom is 0.462 e. The summed E-state index contributed by atoms with van der Waals surface area (Å²) in [5.74, 6) is -1.89. The number of hydrazine groups is 1. The van der Waals surface area contributed by atoms with Crippen molar-refractivity contribution in [3.63, 3.8) is 0 Å². The van der Waals surface area contributed by atoms with Crippen molar-refractivity contribution < 1.29 is 19.1 Å². The summed E-state index contributed by atoms with van der Waals surface area (Å²) in [5, 5.41) is 16.3. The van der Waals surface area contributed by atoms with Crippen LogP contribution in [0.4, 0.5) is 0 Å². The molecule has 0 saturated carbocycles. The van der Waals surface area contributed by atoms with Gasteiger partial charge in [0.1, 0.15) is 0 Å². The molecule has 0 aliphatic carbocycles. The number of nitrogens with zero attached hydrogens (tertiary/aromatic N) is 5. The van der Waals surface area contributed by atoms with Crippen molar-refractivity contribution in [2.45, 2.75) is 5.66 Å². The summed E-state index contributed by atoms with van der Waals surface area (Å²) in [5.41, 5.74) is -1.77. The van der Waals surface area contributed by atoms with Crippen molar-refractivity contribution >= 4 is 17.7 Å². The van der Waals surface area contributed by atoms with Crippen molar-refractivity contribution in [2.75, 3.05) is 14.2 Å². The van der Waals surface area contributed by atoms with Crippen molar-refractivity contribution in [3.05, 3.63) is 70.9 Å². The van der Waals surface area contributed by atoms with Gasteiger partial charge in [0, 0.05) is 11.8 Å². The van der Waals surface area contributed by atoms with Gasteiger partial charge in [0.15, 0.2) is 17.3 Å². The van der Waals surface area contributed by atoms with Gasteiger partial charge in [-0.3, -0.25) is 4.85 Å². The second kappa shape index (κ2) is 6.65. The molecule has 1 unspecified atom stereocenters. The monoisotopic (exact) mass is 363 g/mol. The summed E-state index contributed by atoms with van der Waals surface area (Å²) in [6.07, 6.45) is 3.04. The van der Waals surface area contributed by atoms with Crippen LogP contribution in [0.3, 0.4) is 0 Å². The Morgan fingerprint density at radius 1 is 1.22 bits per heavy atom. The zero-order valence-electron chi connectivity index (χ0n) is 14.4. The van der Waals surface area contributed by atoms with Crippen LogP contribution in [-0.4, -0.2) is 47.7 Å². The number of benzene rings is 1. The van der Waals surface area contributed by atoms with Crippen LogP contribution < -0.4 is 0 Å². The third kappa shape index (κ3) is 2.50. The predicted molar refractivity (Wildman–Crippen MR) is 91.8 cm³/mol. The van der Waals surface area contributed by atoms with Gasteiger partial charge in [-0.25, -0.2) is 21.2 Å². The van der Waals surface area contributed by atoms with E-state index in [1.54, 1.807) is 24.3 Å². The lowest BCUT2D eigenvalue weighted by Crippen LogP contribution is -2.47. The average Bonchev–Trinajstić information content (AvgIpc) is 3.03. The van der Waals surface area contributed by atoms with Crippen LogP contribution in [0.25, 0.3) is 4.85 Å². The first-order valence-electron chi connectivity index (χ1n) is 7.67. The Labute approximate surface area is 154 Å². The van der Waals surface area contributed by atoms with Crippen molar-refractivity contribution in [1.82, 2.24) is 10.1 Å². The fourth-order valence-electron chi connectivity index (χ4n) is 2.79. The van der Waals surface area contributed by atoms with Crippen molar-refractivity contribution in [2.24, 2.45) is 5.10 Å². The number of hydrogen-bond donors (Lipinski definition) is 0. The zero-order valence-corrected chi connectivity index (χ0v) is 14.4. The van der Waals surface area contributed by atoms with Crippen LogP contribution in [-0.2, 0) is 19.1 Å². The van der Waals surface area contributed by atoms with Gasteiger partial charge in [0.2, 0.25) is 0 Å². The molecule has 0 amide bonds. The van der Waals surface area contributed by atoms with Crippen LogP contribution in [0, 0.1) is 17.9 Å². The number of ether oxygens (including phenoxy) is 2. The molecule has 0 fully saturated rings. The number of allylic oxidation sites excluding steroid dienone is 1. The summed E-state index contributed by atoms with van der Waals surface area (Å²) in [4.78, 5) is 28.0. The number of methoxy groups -OCH3 is 2. The lowest BCUT2D eigenvalue weighted by atomic mass is 10.0. The molecule has 2 heterocycles. The van der Waals surface area contributed by atoms with Gasteiger partial charge in [-0.1, -0.05) is 30.3 Å². The molecule has 0 radical (unpaired) electrons. The van der Waals surface area contributed by atoms with E-state index < -0.39 is 23.2 Å². The smallest absolute Gasteiger partial charge is 0.462 e. The second-order valence-corrected chi connectivity index (χ2v) is 5.40. The molecule has 2 aliphatic rings. The van der Waals surface area contributed by atoms with E-state index in [2.05, 4.69) is 9.95 Å². The molecule has 9 heteroatoms. The average molecular weight is 363 g/mol. The number of nitriles is 1. The minimum atomic E-state index is -2.21. The van der Waals surface area contributed by atoms with E-state index in [4.69, 9.17) is 16.0 Å². The maximum atomic E-state index is 12.4. The molecular weight excluding hydrogens is 350 g/mol. The van der Waals surface area contributed by atoms with E-state index in [-0.39, 0.29) is 5.70 Å². The highest BCUT2D eigenvalue weighted by Gasteiger charge is 2.64. The number of hydrogen-bond acceptors (Lipinski definition) is 8.